The second-order valence-electron chi connectivity index (χ2n) is 6.87. The molecule has 0 atom stereocenters. The van der Waals surface area contributed by atoms with E-state index in [1.165, 1.54) is 0 Å². The van der Waals surface area contributed by atoms with Gasteiger partial charge in [-0.3, -0.25) is 0 Å². The number of rotatable bonds is 6. The highest BCUT2D eigenvalue weighted by molar-refractivity contribution is 5.85. The Bertz CT molecular complexity index is 1190. The summed E-state index contributed by atoms with van der Waals surface area (Å²) < 4.78 is 11.8. The van der Waals surface area contributed by atoms with Crippen molar-refractivity contribution < 1.29 is 9.47 Å². The monoisotopic (exact) mass is 390 g/mol. The zero-order valence-electron chi connectivity index (χ0n) is 16.2. The van der Waals surface area contributed by atoms with Crippen LogP contribution in [0, 0.1) is 22.7 Å². The summed E-state index contributed by atoms with van der Waals surface area (Å²) in [6.45, 7) is 0.791. The number of nitriles is 2. The summed E-state index contributed by atoms with van der Waals surface area (Å²) in [4.78, 5) is 0. The first-order valence-corrected chi connectivity index (χ1v) is 9.51. The molecule has 0 bridgehead atoms. The van der Waals surface area contributed by atoms with E-state index in [-0.39, 0.29) is 0 Å². The number of hydrogen-bond donors (Lipinski definition) is 0. The Hall–Kier alpha value is -4.28. The molecule has 4 aromatic rings. The van der Waals surface area contributed by atoms with E-state index in [1.54, 1.807) is 12.1 Å². The van der Waals surface area contributed by atoms with Crippen LogP contribution in [0.2, 0.25) is 0 Å². The molecule has 4 nitrogen and oxygen atoms in total. The molecule has 0 saturated heterocycles. The quantitative estimate of drug-likeness (QED) is 0.421. The largest absolute Gasteiger partial charge is 0.489 e. The lowest BCUT2D eigenvalue weighted by Crippen LogP contribution is -1.97. The van der Waals surface area contributed by atoms with E-state index in [0.29, 0.717) is 24.3 Å². The first kappa shape index (κ1) is 19.1. The van der Waals surface area contributed by atoms with Crippen molar-refractivity contribution in [2.75, 3.05) is 0 Å². The minimum atomic E-state index is 0.395. The van der Waals surface area contributed by atoms with Gasteiger partial charge in [0.1, 0.15) is 24.7 Å². The fourth-order valence-corrected chi connectivity index (χ4v) is 3.18. The minimum Gasteiger partial charge on any atom is -0.489 e. The van der Waals surface area contributed by atoms with Gasteiger partial charge >= 0.3 is 0 Å². The minimum absolute atomic E-state index is 0.395. The first-order chi connectivity index (χ1) is 14.7. The third kappa shape index (κ3) is 4.58. The lowest BCUT2D eigenvalue weighted by atomic mass is 10.1. The van der Waals surface area contributed by atoms with Crippen molar-refractivity contribution in [3.63, 3.8) is 0 Å². The van der Waals surface area contributed by atoms with Crippen LogP contribution >= 0.6 is 0 Å². The maximum Gasteiger partial charge on any atom is 0.120 e. The van der Waals surface area contributed by atoms with Crippen LogP contribution in [0.5, 0.6) is 11.5 Å². The van der Waals surface area contributed by atoms with Gasteiger partial charge in [-0.05, 0) is 70.4 Å². The normalized spacial score (nSPS) is 10.2. The second kappa shape index (κ2) is 8.82. The predicted molar refractivity (Wildman–Crippen MR) is 115 cm³/mol. The summed E-state index contributed by atoms with van der Waals surface area (Å²) >= 11 is 0. The van der Waals surface area contributed by atoms with Crippen molar-refractivity contribution in [1.82, 2.24) is 0 Å². The molecule has 0 amide bonds. The lowest BCUT2D eigenvalue weighted by molar-refractivity contribution is 0.305. The van der Waals surface area contributed by atoms with Crippen LogP contribution in [-0.2, 0) is 13.2 Å². The molecular formula is C26H18N2O2. The molecule has 0 aliphatic carbocycles. The van der Waals surface area contributed by atoms with Crippen molar-refractivity contribution in [3.05, 3.63) is 107 Å². The zero-order valence-corrected chi connectivity index (χ0v) is 16.2. The van der Waals surface area contributed by atoms with Crippen molar-refractivity contribution in [2.45, 2.75) is 13.2 Å². The maximum absolute atomic E-state index is 9.02. The van der Waals surface area contributed by atoms with Crippen molar-refractivity contribution in [2.24, 2.45) is 0 Å². The first-order valence-electron chi connectivity index (χ1n) is 9.51. The molecular weight excluding hydrogens is 372 g/mol. The number of nitrogens with zero attached hydrogens (tertiary/aromatic N) is 2. The smallest absolute Gasteiger partial charge is 0.120 e. The third-order valence-corrected chi connectivity index (χ3v) is 4.71. The van der Waals surface area contributed by atoms with Crippen LogP contribution in [0.25, 0.3) is 10.8 Å². The molecule has 0 aliphatic rings. The van der Waals surface area contributed by atoms with Crippen molar-refractivity contribution >= 4 is 10.8 Å². The highest BCUT2D eigenvalue weighted by Gasteiger charge is 2.03. The lowest BCUT2D eigenvalue weighted by Gasteiger charge is -2.10. The second-order valence-corrected chi connectivity index (χ2v) is 6.87. The van der Waals surface area contributed by atoms with Gasteiger partial charge in [0.2, 0.25) is 0 Å². The zero-order chi connectivity index (χ0) is 20.8. The third-order valence-electron chi connectivity index (χ3n) is 4.71. The molecule has 0 aliphatic heterocycles. The summed E-state index contributed by atoms with van der Waals surface area (Å²) in [5.41, 5.74) is 3.14. The molecule has 4 aromatic carbocycles. The summed E-state index contributed by atoms with van der Waals surface area (Å²) in [5.74, 6) is 1.51. The highest BCUT2D eigenvalue weighted by atomic mass is 16.5. The number of hydrogen-bond acceptors (Lipinski definition) is 4. The van der Waals surface area contributed by atoms with Gasteiger partial charge in [-0.15, -0.1) is 0 Å². The van der Waals surface area contributed by atoms with Crippen LogP contribution in [0.1, 0.15) is 22.3 Å². The van der Waals surface area contributed by atoms with Crippen LogP contribution in [0.3, 0.4) is 0 Å². The van der Waals surface area contributed by atoms with Gasteiger partial charge in [-0.1, -0.05) is 36.4 Å². The van der Waals surface area contributed by atoms with E-state index in [2.05, 4.69) is 12.1 Å². The maximum atomic E-state index is 9.02. The van der Waals surface area contributed by atoms with Crippen LogP contribution in [-0.4, -0.2) is 0 Å². The number of benzene rings is 4. The van der Waals surface area contributed by atoms with Crippen molar-refractivity contribution in [1.29, 1.82) is 10.5 Å². The van der Waals surface area contributed by atoms with E-state index >= 15 is 0 Å². The van der Waals surface area contributed by atoms with Gasteiger partial charge in [0.25, 0.3) is 0 Å². The average Bonchev–Trinajstić information content (AvgIpc) is 2.81. The summed E-state index contributed by atoms with van der Waals surface area (Å²) in [5, 5.41) is 20.1. The van der Waals surface area contributed by atoms with Gasteiger partial charge in [0, 0.05) is 0 Å². The molecule has 0 spiro atoms. The van der Waals surface area contributed by atoms with Gasteiger partial charge in [-0.2, -0.15) is 10.5 Å². The summed E-state index contributed by atoms with van der Waals surface area (Å²) in [6.07, 6.45) is 0. The van der Waals surface area contributed by atoms with Crippen LogP contribution in [0.15, 0.2) is 84.9 Å². The Kier molecular flexibility index (Phi) is 5.60. The van der Waals surface area contributed by atoms with Crippen LogP contribution in [0.4, 0.5) is 0 Å². The molecule has 0 fully saturated rings. The Morgan fingerprint density at radius 3 is 1.53 bits per heavy atom. The average molecular weight is 390 g/mol. The van der Waals surface area contributed by atoms with Gasteiger partial charge in [0.15, 0.2) is 0 Å². The molecule has 0 saturated carbocycles. The van der Waals surface area contributed by atoms with E-state index in [4.69, 9.17) is 20.0 Å². The molecule has 0 aromatic heterocycles. The number of fused-ring (bicyclic) bond motifs is 1. The molecule has 144 valence electrons. The predicted octanol–water partition coefficient (Wildman–Crippen LogP) is 5.74. The van der Waals surface area contributed by atoms with E-state index < -0.39 is 0 Å². The Balaban J connectivity index is 1.46. The van der Waals surface area contributed by atoms with E-state index in [1.807, 2.05) is 72.8 Å². The molecule has 0 radical (unpaired) electrons. The fraction of sp³-hybridized carbons (Fsp3) is 0.0769. The van der Waals surface area contributed by atoms with E-state index in [0.717, 1.165) is 33.4 Å². The molecule has 4 rings (SSSR count). The molecule has 4 heteroatoms. The Labute approximate surface area is 175 Å². The van der Waals surface area contributed by atoms with Gasteiger partial charge in [0.05, 0.1) is 23.3 Å². The molecule has 30 heavy (non-hydrogen) atoms. The highest BCUT2D eigenvalue weighted by Crippen LogP contribution is 2.26. The summed E-state index contributed by atoms with van der Waals surface area (Å²) in [7, 11) is 0. The van der Waals surface area contributed by atoms with Crippen LogP contribution < -0.4 is 9.47 Å². The SMILES string of the molecule is N#Cc1cccc(COc2ccc3ccc(OCc4cccc(C#N)c4)cc3c2)c1. The fourth-order valence-electron chi connectivity index (χ4n) is 3.18. The molecule has 0 unspecified atom stereocenters. The molecule has 0 heterocycles. The Morgan fingerprint density at radius 1 is 0.567 bits per heavy atom. The topological polar surface area (TPSA) is 66.0 Å². The van der Waals surface area contributed by atoms with Gasteiger partial charge < -0.3 is 9.47 Å². The van der Waals surface area contributed by atoms with Crippen molar-refractivity contribution in [3.8, 4) is 23.6 Å². The Morgan fingerprint density at radius 2 is 1.07 bits per heavy atom. The standard InChI is InChI=1S/C26H18N2O2/c27-15-19-3-1-5-21(11-19)17-29-25-9-7-23-8-10-26(14-24(23)13-25)30-18-22-6-2-4-20(12-22)16-28/h1-14H,17-18H2. The van der Waals surface area contributed by atoms with E-state index in [9.17, 15) is 0 Å². The molecule has 0 N–H and O–H groups in total. The summed E-state index contributed by atoms with van der Waals surface area (Å²) in [6, 6.07) is 30.9. The number of ether oxygens (including phenoxy) is 2. The van der Waals surface area contributed by atoms with Gasteiger partial charge in [-0.25, -0.2) is 0 Å².